The van der Waals surface area contributed by atoms with Gasteiger partial charge in [-0.2, -0.15) is 0 Å². The lowest BCUT2D eigenvalue weighted by Gasteiger charge is -2.10. The van der Waals surface area contributed by atoms with Crippen LogP contribution in [0.3, 0.4) is 0 Å². The Hall–Kier alpha value is -2.08. The van der Waals surface area contributed by atoms with Crippen LogP contribution in [-0.4, -0.2) is 24.6 Å². The van der Waals surface area contributed by atoms with Crippen LogP contribution >= 0.6 is 0 Å². The molecule has 0 spiro atoms. The van der Waals surface area contributed by atoms with Gasteiger partial charge in [-0.15, -0.1) is 0 Å². The molecule has 0 unspecified atom stereocenters. The summed E-state index contributed by atoms with van der Waals surface area (Å²) in [4.78, 5) is 27.8. The molecule has 0 bridgehead atoms. The Balaban J connectivity index is 2.56. The number of benzene rings is 1. The molecule has 3 amide bonds. The minimum atomic E-state index is -0.319. The Morgan fingerprint density at radius 2 is 1.84 bits per heavy atom. The lowest BCUT2D eigenvalue weighted by atomic mass is 10.2. The molecular formula is C13H19N3O3. The van der Waals surface area contributed by atoms with Crippen LogP contribution in [0.1, 0.15) is 31.1 Å². The van der Waals surface area contributed by atoms with Crippen LogP contribution in [0, 0.1) is 0 Å². The maximum atomic E-state index is 11.5. The molecule has 0 aliphatic heterocycles. The number of amides is 3. The van der Waals surface area contributed by atoms with E-state index in [9.17, 15) is 9.59 Å². The van der Waals surface area contributed by atoms with Crippen LogP contribution in [-0.2, 0) is 4.84 Å². The van der Waals surface area contributed by atoms with E-state index in [1.54, 1.807) is 31.2 Å². The number of rotatable bonds is 5. The first-order chi connectivity index (χ1) is 9.02. The molecule has 0 aromatic heterocycles. The van der Waals surface area contributed by atoms with Crippen molar-refractivity contribution in [2.75, 3.05) is 11.9 Å². The Bertz CT molecular complexity index is 429. The van der Waals surface area contributed by atoms with Gasteiger partial charge >= 0.3 is 6.03 Å². The van der Waals surface area contributed by atoms with E-state index in [4.69, 9.17) is 4.84 Å². The highest BCUT2D eigenvalue weighted by Crippen LogP contribution is 2.09. The van der Waals surface area contributed by atoms with E-state index in [1.807, 2.05) is 13.8 Å². The second-order valence-electron chi connectivity index (χ2n) is 4.19. The van der Waals surface area contributed by atoms with Crippen LogP contribution in [0.2, 0.25) is 0 Å². The zero-order valence-corrected chi connectivity index (χ0v) is 11.3. The summed E-state index contributed by atoms with van der Waals surface area (Å²) in [6.07, 6.45) is 0. The minimum Gasteiger partial charge on any atom is -0.336 e. The van der Waals surface area contributed by atoms with E-state index in [0.29, 0.717) is 17.9 Å². The summed E-state index contributed by atoms with van der Waals surface area (Å²) < 4.78 is 0. The summed E-state index contributed by atoms with van der Waals surface area (Å²) in [6.45, 7) is 5.93. The number of hydrogen-bond donors (Lipinski definition) is 3. The van der Waals surface area contributed by atoms with Gasteiger partial charge in [0.05, 0.1) is 6.61 Å². The number of anilines is 1. The molecule has 6 nitrogen and oxygen atoms in total. The van der Waals surface area contributed by atoms with Gasteiger partial charge in [0, 0.05) is 17.3 Å². The molecule has 0 saturated heterocycles. The summed E-state index contributed by atoms with van der Waals surface area (Å²) in [7, 11) is 0. The molecule has 0 aliphatic rings. The molecule has 1 rings (SSSR count). The van der Waals surface area contributed by atoms with Crippen LogP contribution in [0.15, 0.2) is 24.3 Å². The summed E-state index contributed by atoms with van der Waals surface area (Å²) in [6, 6.07) is 6.32. The maximum Gasteiger partial charge on any atom is 0.319 e. The van der Waals surface area contributed by atoms with Gasteiger partial charge in [0.1, 0.15) is 0 Å². The van der Waals surface area contributed by atoms with Gasteiger partial charge < -0.3 is 10.6 Å². The Labute approximate surface area is 112 Å². The number of hydrogen-bond acceptors (Lipinski definition) is 3. The van der Waals surface area contributed by atoms with Crippen molar-refractivity contribution in [3.8, 4) is 0 Å². The number of urea groups is 1. The highest BCUT2D eigenvalue weighted by molar-refractivity contribution is 5.95. The molecular weight excluding hydrogens is 246 g/mol. The van der Waals surface area contributed by atoms with Crippen molar-refractivity contribution in [2.24, 2.45) is 0 Å². The summed E-state index contributed by atoms with van der Waals surface area (Å²) >= 11 is 0. The third kappa shape index (κ3) is 5.39. The fourth-order valence-electron chi connectivity index (χ4n) is 1.33. The SMILES string of the molecule is CCONC(=O)c1ccc(NC(=O)NC(C)C)cc1. The lowest BCUT2D eigenvalue weighted by Crippen LogP contribution is -2.34. The van der Waals surface area contributed by atoms with Crippen LogP contribution in [0.25, 0.3) is 0 Å². The van der Waals surface area contributed by atoms with Crippen LogP contribution in [0.4, 0.5) is 10.5 Å². The minimum absolute atomic E-state index is 0.0660. The molecule has 19 heavy (non-hydrogen) atoms. The zero-order valence-electron chi connectivity index (χ0n) is 11.3. The maximum absolute atomic E-state index is 11.5. The quantitative estimate of drug-likeness (QED) is 0.711. The predicted octanol–water partition coefficient (Wildman–Crippen LogP) is 1.90. The van der Waals surface area contributed by atoms with Crippen molar-refractivity contribution in [1.29, 1.82) is 0 Å². The summed E-state index contributed by atoms with van der Waals surface area (Å²) in [5.41, 5.74) is 3.37. The molecule has 0 radical (unpaired) electrons. The molecule has 0 aliphatic carbocycles. The van der Waals surface area contributed by atoms with Crippen molar-refractivity contribution < 1.29 is 14.4 Å². The van der Waals surface area contributed by atoms with Crippen LogP contribution in [0.5, 0.6) is 0 Å². The molecule has 0 fully saturated rings. The second kappa shape index (κ2) is 7.38. The van der Waals surface area contributed by atoms with Crippen molar-refractivity contribution in [2.45, 2.75) is 26.8 Å². The first-order valence-electron chi connectivity index (χ1n) is 6.12. The smallest absolute Gasteiger partial charge is 0.319 e. The molecule has 3 N–H and O–H groups in total. The van der Waals surface area contributed by atoms with Crippen molar-refractivity contribution >= 4 is 17.6 Å². The first-order valence-corrected chi connectivity index (χ1v) is 6.12. The van der Waals surface area contributed by atoms with Gasteiger partial charge in [0.25, 0.3) is 5.91 Å². The molecule has 0 heterocycles. The lowest BCUT2D eigenvalue weighted by molar-refractivity contribution is 0.0364. The van der Waals surface area contributed by atoms with Crippen molar-refractivity contribution in [3.63, 3.8) is 0 Å². The van der Waals surface area contributed by atoms with Crippen molar-refractivity contribution in [3.05, 3.63) is 29.8 Å². The average Bonchev–Trinajstić information content (AvgIpc) is 2.35. The topological polar surface area (TPSA) is 79.5 Å². The highest BCUT2D eigenvalue weighted by Gasteiger charge is 2.06. The fraction of sp³-hybridized carbons (Fsp3) is 0.385. The molecule has 1 aromatic carbocycles. The Kier molecular flexibility index (Phi) is 5.81. The van der Waals surface area contributed by atoms with Gasteiger partial charge in [0.15, 0.2) is 0 Å². The second-order valence-corrected chi connectivity index (χ2v) is 4.19. The third-order valence-corrected chi connectivity index (χ3v) is 2.13. The van der Waals surface area contributed by atoms with E-state index in [2.05, 4.69) is 16.1 Å². The van der Waals surface area contributed by atoms with E-state index in [-0.39, 0.29) is 18.0 Å². The molecule has 104 valence electrons. The predicted molar refractivity (Wildman–Crippen MR) is 72.8 cm³/mol. The van der Waals surface area contributed by atoms with Gasteiger partial charge in [-0.3, -0.25) is 9.63 Å². The number of nitrogens with one attached hydrogen (secondary N) is 3. The van der Waals surface area contributed by atoms with Gasteiger partial charge in [-0.1, -0.05) is 0 Å². The van der Waals surface area contributed by atoms with E-state index in [1.165, 1.54) is 0 Å². The summed E-state index contributed by atoms with van der Waals surface area (Å²) in [5, 5.41) is 5.38. The zero-order chi connectivity index (χ0) is 14.3. The number of carbonyl (C=O) groups excluding carboxylic acids is 2. The van der Waals surface area contributed by atoms with E-state index in [0.717, 1.165) is 0 Å². The van der Waals surface area contributed by atoms with E-state index < -0.39 is 0 Å². The normalized spacial score (nSPS) is 10.1. The third-order valence-electron chi connectivity index (χ3n) is 2.13. The Morgan fingerprint density at radius 3 is 2.37 bits per heavy atom. The molecule has 1 aromatic rings. The number of carbonyl (C=O) groups is 2. The molecule has 0 atom stereocenters. The number of hydroxylamine groups is 1. The standard InChI is InChI=1S/C13H19N3O3/c1-4-19-16-12(17)10-5-7-11(8-6-10)15-13(18)14-9(2)3/h5-9H,4H2,1-3H3,(H,16,17)(H2,14,15,18). The average molecular weight is 265 g/mol. The summed E-state index contributed by atoms with van der Waals surface area (Å²) in [5.74, 6) is -0.319. The Morgan fingerprint density at radius 1 is 1.21 bits per heavy atom. The monoisotopic (exact) mass is 265 g/mol. The van der Waals surface area contributed by atoms with Crippen molar-refractivity contribution in [1.82, 2.24) is 10.8 Å². The van der Waals surface area contributed by atoms with E-state index >= 15 is 0 Å². The van der Waals surface area contributed by atoms with Crippen LogP contribution < -0.4 is 16.1 Å². The first kappa shape index (κ1) is 15.0. The molecule has 0 saturated carbocycles. The highest BCUT2D eigenvalue weighted by atomic mass is 16.6. The molecule has 6 heteroatoms. The fourth-order valence-corrected chi connectivity index (χ4v) is 1.33. The van der Waals surface area contributed by atoms with Gasteiger partial charge in [-0.05, 0) is 45.0 Å². The largest absolute Gasteiger partial charge is 0.336 e. The van der Waals surface area contributed by atoms with Gasteiger partial charge in [0.2, 0.25) is 0 Å². The van der Waals surface area contributed by atoms with Gasteiger partial charge in [-0.25, -0.2) is 10.3 Å².